The molecule has 0 saturated heterocycles. The molecular formula is C64H117O11P. The van der Waals surface area contributed by atoms with Gasteiger partial charge in [-0.25, -0.2) is 4.57 Å². The standard InChI is InChI=1S/C64H117O11P/c1-4-7-10-13-16-19-22-24-26-28-30-32-34-36-39-42-45-48-51-54-63(67)74-60(56-65)58-72-76(69,70)73-59-61(57-71-62(66)53-50-47-44-41-38-21-18-15-12-9-6-3)75-64(68)55-52-49-46-43-40-37-35-33-31-29-27-25-23-20-17-14-11-8-5-2/h15,17-18,20,25,27,31,33,60-61,65H,4-14,16,19,21-24,26,28-30,32,34-59H2,1-3H3,(H,69,70)/b18-15-,20-17-,27-25-,33-31-. The van der Waals surface area contributed by atoms with E-state index >= 15 is 0 Å². The van der Waals surface area contributed by atoms with Crippen LogP contribution in [0.2, 0.25) is 0 Å². The molecule has 76 heavy (non-hydrogen) atoms. The highest BCUT2D eigenvalue weighted by atomic mass is 31.2. The van der Waals surface area contributed by atoms with E-state index in [0.29, 0.717) is 19.3 Å². The summed E-state index contributed by atoms with van der Waals surface area (Å²) in [6.07, 6.45) is 63.5. The molecule has 0 fully saturated rings. The van der Waals surface area contributed by atoms with Crippen LogP contribution in [0, 0.1) is 0 Å². The van der Waals surface area contributed by atoms with Gasteiger partial charge in [0.2, 0.25) is 0 Å². The van der Waals surface area contributed by atoms with Gasteiger partial charge in [-0.05, 0) is 77.0 Å². The largest absolute Gasteiger partial charge is 0.472 e. The fourth-order valence-corrected chi connectivity index (χ4v) is 9.66. The molecule has 0 amide bonds. The molecule has 0 aliphatic carbocycles. The van der Waals surface area contributed by atoms with Crippen LogP contribution >= 0.6 is 7.82 Å². The fourth-order valence-electron chi connectivity index (χ4n) is 8.88. The number of carbonyl (C=O) groups excluding carboxylic acids is 3. The quantitative estimate of drug-likeness (QED) is 0.0197. The smallest absolute Gasteiger partial charge is 0.462 e. The average Bonchev–Trinajstić information content (AvgIpc) is 3.41. The van der Waals surface area contributed by atoms with Gasteiger partial charge in [0.25, 0.3) is 0 Å². The van der Waals surface area contributed by atoms with E-state index in [0.717, 1.165) is 109 Å². The van der Waals surface area contributed by atoms with Crippen LogP contribution < -0.4 is 0 Å². The average molecular weight is 1090 g/mol. The van der Waals surface area contributed by atoms with E-state index in [9.17, 15) is 28.9 Å². The van der Waals surface area contributed by atoms with Gasteiger partial charge in [-0.3, -0.25) is 23.4 Å². The molecule has 0 heterocycles. The Hall–Kier alpha value is -2.56. The Morgan fingerprint density at radius 2 is 0.658 bits per heavy atom. The molecule has 0 aromatic heterocycles. The van der Waals surface area contributed by atoms with Gasteiger partial charge in [-0.15, -0.1) is 0 Å². The molecule has 0 rings (SSSR count). The Bertz CT molecular complexity index is 1460. The zero-order valence-corrected chi connectivity index (χ0v) is 50.1. The maximum absolute atomic E-state index is 12.9. The molecule has 3 unspecified atom stereocenters. The number of rotatable bonds is 59. The van der Waals surface area contributed by atoms with Gasteiger partial charge >= 0.3 is 25.7 Å². The minimum atomic E-state index is -4.75. The summed E-state index contributed by atoms with van der Waals surface area (Å²) < 4.78 is 39.6. The monoisotopic (exact) mass is 1090 g/mol. The van der Waals surface area contributed by atoms with Crippen LogP contribution in [-0.4, -0.2) is 66.5 Å². The highest BCUT2D eigenvalue weighted by molar-refractivity contribution is 7.47. The van der Waals surface area contributed by atoms with Crippen LogP contribution in [-0.2, 0) is 42.2 Å². The van der Waals surface area contributed by atoms with Crippen molar-refractivity contribution in [3.63, 3.8) is 0 Å². The normalized spacial score (nSPS) is 13.6. The summed E-state index contributed by atoms with van der Waals surface area (Å²) >= 11 is 0. The zero-order chi connectivity index (χ0) is 55.5. The first-order valence-corrected chi connectivity index (χ1v) is 33.0. The van der Waals surface area contributed by atoms with E-state index in [1.165, 1.54) is 135 Å². The Morgan fingerprint density at radius 1 is 0.368 bits per heavy atom. The number of carbonyl (C=O) groups is 3. The van der Waals surface area contributed by atoms with E-state index in [1.807, 2.05) is 0 Å². The van der Waals surface area contributed by atoms with Crippen molar-refractivity contribution in [1.29, 1.82) is 0 Å². The van der Waals surface area contributed by atoms with Gasteiger partial charge in [0.1, 0.15) is 12.7 Å². The summed E-state index contributed by atoms with van der Waals surface area (Å²) in [5, 5.41) is 9.85. The third kappa shape index (κ3) is 56.2. The van der Waals surface area contributed by atoms with Gasteiger partial charge in [-0.2, -0.15) is 0 Å². The van der Waals surface area contributed by atoms with Gasteiger partial charge < -0.3 is 24.2 Å². The van der Waals surface area contributed by atoms with E-state index in [-0.39, 0.29) is 25.9 Å². The minimum Gasteiger partial charge on any atom is -0.462 e. The van der Waals surface area contributed by atoms with E-state index in [4.69, 9.17) is 23.3 Å². The fraction of sp³-hybridized carbons (Fsp3) is 0.828. The third-order valence-electron chi connectivity index (χ3n) is 13.7. The van der Waals surface area contributed by atoms with Crippen molar-refractivity contribution in [2.75, 3.05) is 26.4 Å². The number of esters is 3. The number of aliphatic hydroxyl groups excluding tert-OH is 1. The van der Waals surface area contributed by atoms with E-state index in [2.05, 4.69) is 69.4 Å². The molecule has 0 aromatic carbocycles. The molecule has 3 atom stereocenters. The molecule has 444 valence electrons. The Morgan fingerprint density at radius 3 is 1.07 bits per heavy atom. The van der Waals surface area contributed by atoms with Crippen molar-refractivity contribution in [2.45, 2.75) is 315 Å². The molecule has 0 aliphatic heterocycles. The predicted molar refractivity (Wildman–Crippen MR) is 316 cm³/mol. The zero-order valence-electron chi connectivity index (χ0n) is 49.2. The lowest BCUT2D eigenvalue weighted by Gasteiger charge is -2.21. The summed E-state index contributed by atoms with van der Waals surface area (Å²) in [6.45, 7) is 4.61. The predicted octanol–water partition coefficient (Wildman–Crippen LogP) is 18.9. The molecule has 0 radical (unpaired) electrons. The number of aliphatic hydroxyl groups is 1. The number of unbranched alkanes of at least 4 members (excludes halogenated alkanes) is 34. The highest BCUT2D eigenvalue weighted by Crippen LogP contribution is 2.43. The number of ether oxygens (including phenoxy) is 3. The molecular weight excluding hydrogens is 976 g/mol. The Balaban J connectivity index is 4.61. The van der Waals surface area contributed by atoms with Crippen LogP contribution in [0.1, 0.15) is 303 Å². The molecule has 0 spiro atoms. The summed E-state index contributed by atoms with van der Waals surface area (Å²) in [6, 6.07) is 0. The van der Waals surface area contributed by atoms with Gasteiger partial charge in [-0.1, -0.05) is 256 Å². The second-order valence-corrected chi connectivity index (χ2v) is 22.7. The number of phosphoric ester groups is 1. The second-order valence-electron chi connectivity index (χ2n) is 21.2. The SMILES string of the molecule is CCCC/C=C\CCCCCCCC(=O)OCC(COP(=O)(O)OCC(CO)OC(=O)CCCCCCCCCCCCCCCCCCCCC)OC(=O)CCCCCCCC/C=C\C/C=C\C/C=C\CCCCC. The van der Waals surface area contributed by atoms with Crippen molar-refractivity contribution in [3.8, 4) is 0 Å². The van der Waals surface area contributed by atoms with Crippen LogP contribution in [0.3, 0.4) is 0 Å². The van der Waals surface area contributed by atoms with E-state index in [1.54, 1.807) is 0 Å². The molecule has 12 heteroatoms. The van der Waals surface area contributed by atoms with Crippen molar-refractivity contribution in [3.05, 3.63) is 48.6 Å². The molecule has 0 aliphatic rings. The lowest BCUT2D eigenvalue weighted by molar-refractivity contribution is -0.161. The van der Waals surface area contributed by atoms with Crippen LogP contribution in [0.5, 0.6) is 0 Å². The van der Waals surface area contributed by atoms with Crippen LogP contribution in [0.15, 0.2) is 48.6 Å². The minimum absolute atomic E-state index is 0.153. The molecule has 0 bridgehead atoms. The lowest BCUT2D eigenvalue weighted by atomic mass is 10.0. The number of hydrogen-bond acceptors (Lipinski definition) is 10. The first-order valence-electron chi connectivity index (χ1n) is 31.5. The first kappa shape index (κ1) is 73.4. The van der Waals surface area contributed by atoms with Gasteiger partial charge in [0.05, 0.1) is 19.8 Å². The Kier molecular flexibility index (Phi) is 56.6. The lowest BCUT2D eigenvalue weighted by Crippen LogP contribution is -2.30. The van der Waals surface area contributed by atoms with Crippen molar-refractivity contribution in [1.82, 2.24) is 0 Å². The molecule has 11 nitrogen and oxygen atoms in total. The first-order chi connectivity index (χ1) is 37.2. The van der Waals surface area contributed by atoms with Crippen molar-refractivity contribution < 1.29 is 52.2 Å². The number of hydrogen-bond donors (Lipinski definition) is 2. The summed E-state index contributed by atoms with van der Waals surface area (Å²) in [5.41, 5.74) is 0. The van der Waals surface area contributed by atoms with Crippen LogP contribution in [0.4, 0.5) is 0 Å². The number of allylic oxidation sites excluding steroid dienone is 8. The Labute approximate surface area is 466 Å². The van der Waals surface area contributed by atoms with E-state index < -0.39 is 57.8 Å². The summed E-state index contributed by atoms with van der Waals surface area (Å²) in [5.74, 6) is -1.47. The summed E-state index contributed by atoms with van der Waals surface area (Å²) in [4.78, 5) is 48.6. The molecule has 2 N–H and O–H groups in total. The van der Waals surface area contributed by atoms with Crippen molar-refractivity contribution in [2.24, 2.45) is 0 Å². The third-order valence-corrected chi connectivity index (χ3v) is 14.7. The summed E-state index contributed by atoms with van der Waals surface area (Å²) in [7, 11) is -4.75. The molecule has 0 saturated carbocycles. The second kappa shape index (κ2) is 58.6. The van der Waals surface area contributed by atoms with Crippen LogP contribution in [0.25, 0.3) is 0 Å². The van der Waals surface area contributed by atoms with Gasteiger partial charge in [0.15, 0.2) is 6.10 Å². The maximum Gasteiger partial charge on any atom is 0.472 e. The number of phosphoric acid groups is 1. The maximum atomic E-state index is 12.9. The van der Waals surface area contributed by atoms with Gasteiger partial charge in [0, 0.05) is 19.3 Å². The topological polar surface area (TPSA) is 155 Å². The highest BCUT2D eigenvalue weighted by Gasteiger charge is 2.28. The molecule has 0 aromatic rings. The van der Waals surface area contributed by atoms with Crippen molar-refractivity contribution >= 4 is 25.7 Å².